The Morgan fingerprint density at radius 3 is 0.315 bits per heavy atom. The molecule has 0 aliphatic rings. The third-order valence-electron chi connectivity index (χ3n) is 10.4. The summed E-state index contributed by atoms with van der Waals surface area (Å²) in [5.41, 5.74) is 10.7. The summed E-state index contributed by atoms with van der Waals surface area (Å²) in [4.78, 5) is 0. The number of benzene rings is 8. The molecule has 0 amide bonds. The van der Waals surface area contributed by atoms with E-state index >= 15 is 0 Å². The summed E-state index contributed by atoms with van der Waals surface area (Å²) in [6, 6.07) is 87.1. The molecule has 0 atom stereocenters. The van der Waals surface area contributed by atoms with E-state index in [2.05, 4.69) is 243 Å². The Morgan fingerprint density at radius 2 is 0.261 bits per heavy atom. The quantitative estimate of drug-likeness (QED) is 0.0317. The molecule has 24 N–H and O–H groups in total. The first-order chi connectivity index (χ1) is 38.7. The van der Waals surface area contributed by atoms with Crippen LogP contribution in [-0.4, -0.2) is 70.4 Å². The SMILES string of the molecule is CC(=N)[O-].CC(=N)[O-].CC(=N)[O-].CC(=N)[O-].CC(=N)[O-].CC(=N)[O-].CC(=N)[O-].CC(=N)[O-].O.O.[OH3+].[OH3+].[OH3+].[OH3+].[Ru+2].[Ru+2].[Ru+3].[Ru+3].c1ccc([B-](c2ccccc2)(c2ccccc2)c2ccccc2)cc1.c1ccc([B-](c2ccccc2)(c2ccccc2)c2ccccc2)cc1. The van der Waals surface area contributed by atoms with E-state index < -0.39 is 59.5 Å². The molecule has 0 spiro atoms. The fourth-order valence-corrected chi connectivity index (χ4v) is 8.24. The Balaban J connectivity index is -0.0000000887. The van der Waals surface area contributed by atoms with Crippen LogP contribution in [0.2, 0.25) is 0 Å². The summed E-state index contributed by atoms with van der Waals surface area (Å²) < 4.78 is 0. The Bertz CT molecular complexity index is 2440. The van der Waals surface area contributed by atoms with Crippen molar-refractivity contribution < 1.29 is 152 Å². The van der Waals surface area contributed by atoms with Gasteiger partial charge in [0.2, 0.25) is 0 Å². The zero-order valence-electron chi connectivity index (χ0n) is 52.2. The maximum atomic E-state index is 9.11. The van der Waals surface area contributed by atoms with Gasteiger partial charge < -0.3 is 117 Å². The van der Waals surface area contributed by atoms with Gasteiger partial charge >= 0.3 is 77.9 Å². The van der Waals surface area contributed by atoms with Crippen molar-refractivity contribution in [1.82, 2.24) is 0 Å². The number of rotatable bonds is 8. The molecule has 0 aliphatic carbocycles. The van der Waals surface area contributed by atoms with Gasteiger partial charge in [0.25, 0.3) is 0 Å². The Labute approximate surface area is 591 Å². The number of nitrogens with one attached hydrogen (secondary N) is 8. The Morgan fingerprint density at radius 1 is 0.207 bits per heavy atom. The molecule has 0 aromatic heterocycles. The van der Waals surface area contributed by atoms with E-state index in [4.69, 9.17) is 84.1 Å². The van der Waals surface area contributed by atoms with Crippen LogP contribution in [0.4, 0.5) is 0 Å². The van der Waals surface area contributed by atoms with E-state index in [1.54, 1.807) is 0 Å². The van der Waals surface area contributed by atoms with Crippen LogP contribution in [-0.2, 0) is 99.8 Å². The average Bonchev–Trinajstić information content (AvgIpc) is 0.755. The molecule has 2 radical (unpaired) electrons. The maximum Gasteiger partial charge on any atom is 3.00 e. The molecule has 28 heteroatoms. The topological polar surface area (TPSA) is 570 Å². The van der Waals surface area contributed by atoms with E-state index in [-0.39, 0.29) is 111 Å². The summed E-state index contributed by atoms with van der Waals surface area (Å²) >= 11 is 0. The fourth-order valence-electron chi connectivity index (χ4n) is 8.24. The summed E-state index contributed by atoms with van der Waals surface area (Å²) in [6.45, 7) is 9.56. The normalized spacial score (nSPS) is 8.26. The monoisotopic (exact) mass is 1620 g/mol. The van der Waals surface area contributed by atoms with Crippen LogP contribution in [0.3, 0.4) is 0 Å². The van der Waals surface area contributed by atoms with Gasteiger partial charge in [0.15, 0.2) is 0 Å². The van der Waals surface area contributed by atoms with E-state index in [1.807, 2.05) is 0 Å². The van der Waals surface area contributed by atoms with Gasteiger partial charge in [-0.05, 0) is 103 Å². The average molecular weight is 1620 g/mol. The van der Waals surface area contributed by atoms with E-state index in [9.17, 15) is 0 Å². The molecule has 8 rings (SSSR count). The minimum atomic E-state index is -1.22. The van der Waals surface area contributed by atoms with Gasteiger partial charge in [0.1, 0.15) is 12.3 Å². The summed E-state index contributed by atoms with van der Waals surface area (Å²) in [5, 5.41) is 120. The molecule has 0 unspecified atom stereocenters. The van der Waals surface area contributed by atoms with Crippen molar-refractivity contribution in [3.63, 3.8) is 0 Å². The van der Waals surface area contributed by atoms with Gasteiger partial charge in [-0.25, -0.2) is 0 Å². The number of hydrogen-bond donors (Lipinski definition) is 8. The fraction of sp³-hybridized carbons (Fsp3) is 0.125. The van der Waals surface area contributed by atoms with Gasteiger partial charge in [-0.3, -0.25) is 0 Å². The molecular weight excluding hydrogens is 1530 g/mol. The minimum absolute atomic E-state index is 0. The summed E-state index contributed by atoms with van der Waals surface area (Å²) in [7, 11) is 0. The molecular formula is C64H88B2N8O14Ru4+4. The smallest absolute Gasteiger partial charge is 0.862 e. The maximum absolute atomic E-state index is 9.11. The van der Waals surface area contributed by atoms with Crippen LogP contribution in [0, 0.1) is 43.3 Å². The largest absolute Gasteiger partial charge is 3.00 e. The van der Waals surface area contributed by atoms with E-state index in [0.29, 0.717) is 0 Å². The van der Waals surface area contributed by atoms with Gasteiger partial charge in [-0.1, -0.05) is 243 Å². The van der Waals surface area contributed by atoms with Gasteiger partial charge in [-0.2, -0.15) is 43.7 Å². The van der Waals surface area contributed by atoms with Crippen LogP contribution < -0.4 is 84.6 Å². The second-order valence-electron chi connectivity index (χ2n) is 17.5. The van der Waals surface area contributed by atoms with Crippen LogP contribution >= 0.6 is 0 Å². The molecule has 22 nitrogen and oxygen atoms in total. The molecule has 502 valence electrons. The van der Waals surface area contributed by atoms with Gasteiger partial charge in [0, 0.05) is 0 Å². The van der Waals surface area contributed by atoms with Gasteiger partial charge in [-0.15, -0.1) is 0 Å². The van der Waals surface area contributed by atoms with Crippen molar-refractivity contribution in [1.29, 1.82) is 43.3 Å². The molecule has 0 aliphatic heterocycles. The third-order valence-corrected chi connectivity index (χ3v) is 10.4. The molecule has 0 saturated carbocycles. The standard InChI is InChI=1S/2C24H20B.8C2H5NO.6H2O.4Ru/c2*1-5-13-21(14-6-1)25(22-15-7-2-8-16-22,23-17-9-3-10-18-23)24-19-11-4-12-20-24;8*1-2(3)4;;;;;;;;;;/h2*1-20H;8*1H3,(H2,3,4);6*1H2;;;;/q2*-1;;;;;;;;;;;;;;;2*+2;2*+3/p-4. The molecule has 0 fully saturated rings. The van der Waals surface area contributed by atoms with Gasteiger partial charge in [0.05, 0.1) is 0 Å². The molecule has 8 aromatic carbocycles. The molecule has 0 saturated heterocycles. The second kappa shape index (κ2) is 65.8. The summed E-state index contributed by atoms with van der Waals surface area (Å²) in [5.74, 6) is -4.67. The van der Waals surface area contributed by atoms with E-state index in [1.165, 1.54) is 99.1 Å². The van der Waals surface area contributed by atoms with Crippen LogP contribution in [0.25, 0.3) is 0 Å². The second-order valence-corrected chi connectivity index (χ2v) is 17.5. The Kier molecular flexibility index (Phi) is 79.8. The van der Waals surface area contributed by atoms with Crippen LogP contribution in [0.1, 0.15) is 55.4 Å². The van der Waals surface area contributed by atoms with Crippen molar-refractivity contribution in [2.75, 3.05) is 0 Å². The van der Waals surface area contributed by atoms with Crippen molar-refractivity contribution in [3.05, 3.63) is 243 Å². The first kappa shape index (κ1) is 112. The zero-order valence-corrected chi connectivity index (χ0v) is 59.2. The summed E-state index contributed by atoms with van der Waals surface area (Å²) in [6.07, 6.45) is -2.43. The third kappa shape index (κ3) is 49.7. The predicted molar refractivity (Wildman–Crippen MR) is 354 cm³/mol. The molecule has 0 bridgehead atoms. The van der Waals surface area contributed by atoms with Crippen molar-refractivity contribution in [2.45, 2.75) is 55.4 Å². The number of hydrogen-bond acceptors (Lipinski definition) is 16. The van der Waals surface area contributed by atoms with Crippen molar-refractivity contribution >= 4 is 103 Å². The Hall–Kier alpha value is -8.10. The van der Waals surface area contributed by atoms with E-state index in [0.717, 1.165) is 0 Å². The predicted octanol–water partition coefficient (Wildman–Crippen LogP) is -4.47. The van der Waals surface area contributed by atoms with Crippen LogP contribution in [0.15, 0.2) is 243 Å². The minimum Gasteiger partial charge on any atom is -0.862 e. The van der Waals surface area contributed by atoms with Crippen molar-refractivity contribution in [2.24, 2.45) is 0 Å². The molecule has 92 heavy (non-hydrogen) atoms. The first-order valence-electron chi connectivity index (χ1n) is 25.2. The van der Waals surface area contributed by atoms with Crippen LogP contribution in [0.5, 0.6) is 0 Å². The first-order valence-corrected chi connectivity index (χ1v) is 25.2. The molecule has 0 heterocycles. The zero-order chi connectivity index (χ0) is 62.5. The van der Waals surface area contributed by atoms with Crippen molar-refractivity contribution in [3.8, 4) is 0 Å². The molecule has 8 aromatic rings.